The van der Waals surface area contributed by atoms with E-state index in [2.05, 4.69) is 10.3 Å². The smallest absolute Gasteiger partial charge is 0.257 e. The van der Waals surface area contributed by atoms with Gasteiger partial charge in [0.1, 0.15) is 5.65 Å². The minimum Gasteiger partial charge on any atom is -0.332 e. The van der Waals surface area contributed by atoms with Gasteiger partial charge in [-0.2, -0.15) is 0 Å². The van der Waals surface area contributed by atoms with Crippen molar-refractivity contribution in [2.75, 3.05) is 5.32 Å². The molecule has 2 aromatic heterocycles. The summed E-state index contributed by atoms with van der Waals surface area (Å²) in [5.41, 5.74) is 4.61. The maximum atomic E-state index is 12.7. The molecule has 1 aromatic carbocycles. The molecular formula is C18H19N3O. The molecule has 4 heteroatoms. The van der Waals surface area contributed by atoms with Crippen LogP contribution in [0.5, 0.6) is 0 Å². The van der Waals surface area contributed by atoms with Crippen molar-refractivity contribution in [3.05, 3.63) is 59.4 Å². The number of fused-ring (bicyclic) bond motifs is 1. The molecule has 0 atom stereocenters. The van der Waals surface area contributed by atoms with Crippen LogP contribution < -0.4 is 5.32 Å². The number of amides is 1. The molecule has 4 nitrogen and oxygen atoms in total. The van der Waals surface area contributed by atoms with Gasteiger partial charge < -0.3 is 9.88 Å². The van der Waals surface area contributed by atoms with Gasteiger partial charge in [0.15, 0.2) is 0 Å². The third-order valence-corrected chi connectivity index (χ3v) is 4.07. The van der Waals surface area contributed by atoms with Crippen LogP contribution in [0.1, 0.15) is 28.4 Å². The fourth-order valence-corrected chi connectivity index (χ4v) is 2.62. The lowest BCUT2D eigenvalue weighted by molar-refractivity contribution is 0.102. The first kappa shape index (κ1) is 14.3. The zero-order valence-electron chi connectivity index (χ0n) is 13.1. The average molecular weight is 293 g/mol. The number of hydrogen-bond donors (Lipinski definition) is 1. The van der Waals surface area contributed by atoms with Gasteiger partial charge in [-0.25, -0.2) is 4.98 Å². The van der Waals surface area contributed by atoms with Crippen molar-refractivity contribution in [3.8, 4) is 0 Å². The number of nitrogens with zero attached hydrogens (tertiary/aromatic N) is 2. The zero-order valence-corrected chi connectivity index (χ0v) is 13.1. The van der Waals surface area contributed by atoms with Crippen LogP contribution in [-0.4, -0.2) is 15.5 Å². The monoisotopic (exact) mass is 293 g/mol. The summed E-state index contributed by atoms with van der Waals surface area (Å²) in [6.45, 7) is 6.88. The third kappa shape index (κ3) is 2.37. The maximum absolute atomic E-state index is 12.7. The number of carbonyl (C=O) groups excluding carboxylic acids is 1. The molecule has 3 rings (SSSR count). The zero-order chi connectivity index (χ0) is 15.7. The Morgan fingerprint density at radius 3 is 2.82 bits per heavy atom. The van der Waals surface area contributed by atoms with Gasteiger partial charge in [-0.3, -0.25) is 4.79 Å². The van der Waals surface area contributed by atoms with Crippen LogP contribution in [0.3, 0.4) is 0 Å². The quantitative estimate of drug-likeness (QED) is 0.795. The van der Waals surface area contributed by atoms with E-state index in [0.29, 0.717) is 5.56 Å². The van der Waals surface area contributed by atoms with E-state index in [1.54, 1.807) is 6.20 Å². The van der Waals surface area contributed by atoms with Gasteiger partial charge in [0.2, 0.25) is 0 Å². The molecule has 0 bridgehead atoms. The Hall–Kier alpha value is -2.62. The van der Waals surface area contributed by atoms with Crippen LogP contribution in [0, 0.1) is 13.8 Å². The number of hydrogen-bond acceptors (Lipinski definition) is 2. The van der Waals surface area contributed by atoms with Crippen LogP contribution in [0.4, 0.5) is 5.69 Å². The summed E-state index contributed by atoms with van der Waals surface area (Å²) in [7, 11) is 0. The van der Waals surface area contributed by atoms with Crippen molar-refractivity contribution in [1.82, 2.24) is 9.55 Å². The second-order valence-electron chi connectivity index (χ2n) is 5.40. The van der Waals surface area contributed by atoms with Crippen molar-refractivity contribution >= 4 is 22.6 Å². The molecule has 3 aromatic rings. The number of pyridine rings is 1. The molecule has 1 N–H and O–H groups in total. The minimum absolute atomic E-state index is 0.0982. The van der Waals surface area contributed by atoms with E-state index >= 15 is 0 Å². The lowest BCUT2D eigenvalue weighted by Gasteiger charge is -2.09. The molecule has 0 fully saturated rings. The summed E-state index contributed by atoms with van der Waals surface area (Å²) in [6.07, 6.45) is 3.62. The molecular weight excluding hydrogens is 274 g/mol. The topological polar surface area (TPSA) is 46.9 Å². The predicted molar refractivity (Wildman–Crippen MR) is 89.3 cm³/mol. The van der Waals surface area contributed by atoms with Crippen LogP contribution >= 0.6 is 0 Å². The Balaban J connectivity index is 2.01. The van der Waals surface area contributed by atoms with Crippen LogP contribution in [-0.2, 0) is 6.54 Å². The van der Waals surface area contributed by atoms with E-state index in [1.165, 1.54) is 0 Å². The van der Waals surface area contributed by atoms with Gasteiger partial charge in [0, 0.05) is 30.0 Å². The fourth-order valence-electron chi connectivity index (χ4n) is 2.62. The Morgan fingerprint density at radius 1 is 1.23 bits per heavy atom. The highest BCUT2D eigenvalue weighted by atomic mass is 16.1. The van der Waals surface area contributed by atoms with E-state index in [-0.39, 0.29) is 5.91 Å². The Labute approximate surface area is 129 Å². The second kappa shape index (κ2) is 5.64. The van der Waals surface area contributed by atoms with Crippen molar-refractivity contribution in [1.29, 1.82) is 0 Å². The lowest BCUT2D eigenvalue weighted by atomic mass is 10.1. The summed E-state index contributed by atoms with van der Waals surface area (Å²) >= 11 is 0. The number of anilines is 1. The summed E-state index contributed by atoms with van der Waals surface area (Å²) in [4.78, 5) is 17.0. The second-order valence-corrected chi connectivity index (χ2v) is 5.40. The van der Waals surface area contributed by atoms with Gasteiger partial charge in [0.25, 0.3) is 5.91 Å². The van der Waals surface area contributed by atoms with Crippen molar-refractivity contribution in [2.24, 2.45) is 0 Å². The van der Waals surface area contributed by atoms with Crippen molar-refractivity contribution in [2.45, 2.75) is 27.3 Å². The highest BCUT2D eigenvalue weighted by Crippen LogP contribution is 2.23. The number of carbonyl (C=O) groups is 1. The van der Waals surface area contributed by atoms with Crippen LogP contribution in [0.25, 0.3) is 11.0 Å². The molecule has 0 unspecified atom stereocenters. The maximum Gasteiger partial charge on any atom is 0.257 e. The largest absolute Gasteiger partial charge is 0.332 e. The first-order valence-corrected chi connectivity index (χ1v) is 7.43. The molecule has 0 saturated carbocycles. The van der Waals surface area contributed by atoms with Gasteiger partial charge in [0.05, 0.1) is 5.56 Å². The van der Waals surface area contributed by atoms with E-state index in [9.17, 15) is 4.79 Å². The van der Waals surface area contributed by atoms with E-state index in [1.807, 2.05) is 61.9 Å². The number of nitrogens with one attached hydrogen (secondary N) is 1. The molecule has 0 aliphatic rings. The standard InChI is InChI=1S/C18H19N3O/c1-4-21-11-15(14-8-6-10-19-17(14)21)18(22)20-16-9-5-7-12(2)13(16)3/h5-11H,4H2,1-3H3,(H,20,22). The number of aryl methyl sites for hydroxylation is 2. The van der Waals surface area contributed by atoms with Crippen molar-refractivity contribution in [3.63, 3.8) is 0 Å². The Morgan fingerprint density at radius 2 is 2.05 bits per heavy atom. The first-order valence-electron chi connectivity index (χ1n) is 7.43. The molecule has 0 aliphatic heterocycles. The molecule has 0 aliphatic carbocycles. The Kier molecular flexibility index (Phi) is 3.67. The highest BCUT2D eigenvalue weighted by molar-refractivity contribution is 6.12. The van der Waals surface area contributed by atoms with Crippen molar-refractivity contribution < 1.29 is 4.79 Å². The summed E-state index contributed by atoms with van der Waals surface area (Å²) < 4.78 is 1.99. The molecule has 0 saturated heterocycles. The fraction of sp³-hybridized carbons (Fsp3) is 0.222. The van der Waals surface area contributed by atoms with Crippen LogP contribution in [0.2, 0.25) is 0 Å². The number of aromatic nitrogens is 2. The first-order chi connectivity index (χ1) is 10.6. The number of rotatable bonds is 3. The average Bonchev–Trinajstić information content (AvgIpc) is 2.91. The normalized spacial score (nSPS) is 10.9. The van der Waals surface area contributed by atoms with E-state index in [0.717, 1.165) is 34.4 Å². The molecule has 1 amide bonds. The van der Waals surface area contributed by atoms with Gasteiger partial charge in [-0.15, -0.1) is 0 Å². The summed E-state index contributed by atoms with van der Waals surface area (Å²) in [5.74, 6) is -0.0982. The van der Waals surface area contributed by atoms with E-state index < -0.39 is 0 Å². The molecule has 22 heavy (non-hydrogen) atoms. The van der Waals surface area contributed by atoms with E-state index in [4.69, 9.17) is 0 Å². The predicted octanol–water partition coefficient (Wildman–Crippen LogP) is 3.93. The Bertz CT molecular complexity index is 849. The molecule has 112 valence electrons. The third-order valence-electron chi connectivity index (χ3n) is 4.07. The van der Waals surface area contributed by atoms with Gasteiger partial charge >= 0.3 is 0 Å². The minimum atomic E-state index is -0.0982. The lowest BCUT2D eigenvalue weighted by Crippen LogP contribution is -2.12. The number of benzene rings is 1. The SMILES string of the molecule is CCn1cc(C(=O)Nc2cccc(C)c2C)c2cccnc21. The van der Waals surface area contributed by atoms with Crippen LogP contribution in [0.15, 0.2) is 42.7 Å². The summed E-state index contributed by atoms with van der Waals surface area (Å²) in [5, 5.41) is 3.90. The summed E-state index contributed by atoms with van der Waals surface area (Å²) in [6, 6.07) is 9.72. The highest BCUT2D eigenvalue weighted by Gasteiger charge is 2.16. The molecule has 2 heterocycles. The molecule has 0 spiro atoms. The van der Waals surface area contributed by atoms with Gasteiger partial charge in [-0.1, -0.05) is 12.1 Å². The van der Waals surface area contributed by atoms with Gasteiger partial charge in [-0.05, 0) is 50.1 Å². The molecule has 0 radical (unpaired) electrons.